The summed E-state index contributed by atoms with van der Waals surface area (Å²) < 4.78 is 4.96. The van der Waals surface area contributed by atoms with E-state index in [1.54, 1.807) is 0 Å². The van der Waals surface area contributed by atoms with E-state index in [9.17, 15) is 0 Å². The number of thiophene rings is 1. The van der Waals surface area contributed by atoms with Crippen LogP contribution in [0.2, 0.25) is 0 Å². The number of nitrogens with zero attached hydrogens (tertiary/aromatic N) is 4. The van der Waals surface area contributed by atoms with Crippen molar-refractivity contribution >= 4 is 53.3 Å². The highest BCUT2D eigenvalue weighted by Gasteiger charge is 2.21. The van der Waals surface area contributed by atoms with Gasteiger partial charge in [-0.2, -0.15) is 0 Å². The van der Waals surface area contributed by atoms with Gasteiger partial charge in [-0.05, 0) is 58.7 Å². The average molecular weight is 733 g/mol. The van der Waals surface area contributed by atoms with Crippen LogP contribution in [0.5, 0.6) is 0 Å². The molecular formula is C51H32N4S. The summed E-state index contributed by atoms with van der Waals surface area (Å²) in [4.78, 5) is 15.4. The Hall–Kier alpha value is -7.21. The van der Waals surface area contributed by atoms with Gasteiger partial charge in [-0.25, -0.2) is 15.0 Å². The lowest BCUT2D eigenvalue weighted by atomic mass is 10.0. The van der Waals surface area contributed by atoms with Crippen LogP contribution in [-0.4, -0.2) is 19.5 Å². The van der Waals surface area contributed by atoms with Crippen LogP contribution in [0, 0.1) is 0 Å². The van der Waals surface area contributed by atoms with E-state index in [4.69, 9.17) is 15.0 Å². The molecule has 8 aromatic carbocycles. The molecule has 0 saturated heterocycles. The Morgan fingerprint density at radius 2 is 0.875 bits per heavy atom. The van der Waals surface area contributed by atoms with Crippen molar-refractivity contribution in [2.45, 2.75) is 0 Å². The molecule has 0 aliphatic carbocycles. The summed E-state index contributed by atoms with van der Waals surface area (Å²) in [5.74, 6) is 1.89. The predicted octanol–water partition coefficient (Wildman–Crippen LogP) is 13.7. The van der Waals surface area contributed by atoms with Crippen LogP contribution < -0.4 is 0 Å². The molecule has 56 heavy (non-hydrogen) atoms. The van der Waals surface area contributed by atoms with Crippen molar-refractivity contribution in [3.05, 3.63) is 194 Å². The van der Waals surface area contributed by atoms with Gasteiger partial charge in [0.25, 0.3) is 0 Å². The number of hydrogen-bond acceptors (Lipinski definition) is 4. The molecule has 4 nitrogen and oxygen atoms in total. The molecule has 0 aliphatic heterocycles. The highest BCUT2D eigenvalue weighted by molar-refractivity contribution is 7.26. The molecule has 0 aliphatic rings. The van der Waals surface area contributed by atoms with E-state index >= 15 is 0 Å². The van der Waals surface area contributed by atoms with E-state index < -0.39 is 0 Å². The van der Waals surface area contributed by atoms with E-state index in [-0.39, 0.29) is 0 Å². The summed E-state index contributed by atoms with van der Waals surface area (Å²) >= 11 is 1.86. The van der Waals surface area contributed by atoms with Gasteiger partial charge < -0.3 is 4.57 Å². The van der Waals surface area contributed by atoms with Crippen LogP contribution >= 0.6 is 11.3 Å². The van der Waals surface area contributed by atoms with Crippen LogP contribution in [-0.2, 0) is 0 Å². The molecule has 0 spiro atoms. The molecular weight excluding hydrogens is 701 g/mol. The normalized spacial score (nSPS) is 11.6. The standard InChI is InChI=1S/C51H32N4S/c1-4-14-33(15-5-1)35-24-26-37(27-25-35)50-52-49(36-18-8-3-9-19-36)53-51(54-50)40-21-11-13-23-43(40)55-42-22-12-10-20-39(42)47-44(55)30-31-45-48(47)41-29-28-38(32-46(41)56-45)34-16-6-2-7-17-34/h1-32H. The summed E-state index contributed by atoms with van der Waals surface area (Å²) in [5.41, 5.74) is 10.9. The molecule has 0 N–H and O–H groups in total. The van der Waals surface area contributed by atoms with Gasteiger partial charge in [0.2, 0.25) is 0 Å². The Balaban J connectivity index is 1.11. The first kappa shape index (κ1) is 32.2. The van der Waals surface area contributed by atoms with Crippen molar-refractivity contribution in [2.75, 3.05) is 0 Å². The summed E-state index contributed by atoms with van der Waals surface area (Å²) in [5, 5.41) is 5.04. The monoisotopic (exact) mass is 732 g/mol. The Morgan fingerprint density at radius 3 is 1.61 bits per heavy atom. The van der Waals surface area contributed by atoms with E-state index in [1.165, 1.54) is 47.6 Å². The Kier molecular flexibility index (Phi) is 7.64. The highest BCUT2D eigenvalue weighted by Crippen LogP contribution is 2.45. The second-order valence-corrected chi connectivity index (χ2v) is 15.1. The van der Waals surface area contributed by atoms with Crippen LogP contribution in [0.15, 0.2) is 194 Å². The maximum atomic E-state index is 5.21. The fourth-order valence-corrected chi connectivity index (χ4v) is 9.19. The first-order valence-corrected chi connectivity index (χ1v) is 19.6. The second-order valence-electron chi connectivity index (χ2n) is 14.0. The smallest absolute Gasteiger partial charge is 0.166 e. The highest BCUT2D eigenvalue weighted by atomic mass is 32.1. The van der Waals surface area contributed by atoms with Gasteiger partial charge in [-0.3, -0.25) is 0 Å². The summed E-state index contributed by atoms with van der Waals surface area (Å²) in [6, 6.07) is 68.4. The zero-order chi connectivity index (χ0) is 37.0. The van der Waals surface area contributed by atoms with Crippen molar-refractivity contribution in [1.82, 2.24) is 19.5 Å². The van der Waals surface area contributed by atoms with Gasteiger partial charge in [0.05, 0.1) is 16.7 Å². The van der Waals surface area contributed by atoms with Crippen molar-refractivity contribution in [3.8, 4) is 62.1 Å². The number of para-hydroxylation sites is 2. The minimum absolute atomic E-state index is 0.623. The maximum absolute atomic E-state index is 5.21. The lowest BCUT2D eigenvalue weighted by Crippen LogP contribution is -2.03. The zero-order valence-electron chi connectivity index (χ0n) is 30.2. The third-order valence-electron chi connectivity index (χ3n) is 10.7. The van der Waals surface area contributed by atoms with Crippen LogP contribution in [0.3, 0.4) is 0 Å². The van der Waals surface area contributed by atoms with Crippen LogP contribution in [0.4, 0.5) is 0 Å². The predicted molar refractivity (Wildman–Crippen MR) is 234 cm³/mol. The van der Waals surface area contributed by atoms with E-state index in [0.29, 0.717) is 17.5 Å². The van der Waals surface area contributed by atoms with Crippen LogP contribution in [0.1, 0.15) is 0 Å². The van der Waals surface area contributed by atoms with Crippen molar-refractivity contribution in [3.63, 3.8) is 0 Å². The number of fused-ring (bicyclic) bond motifs is 7. The molecule has 262 valence electrons. The Bertz CT molecular complexity index is 3220. The average Bonchev–Trinajstić information content (AvgIpc) is 3.82. The van der Waals surface area contributed by atoms with Crippen molar-refractivity contribution < 1.29 is 0 Å². The Morgan fingerprint density at radius 1 is 0.339 bits per heavy atom. The van der Waals surface area contributed by atoms with Gasteiger partial charge >= 0.3 is 0 Å². The molecule has 0 amide bonds. The second kappa shape index (κ2) is 13.3. The third-order valence-corrected chi connectivity index (χ3v) is 11.8. The number of aromatic nitrogens is 4. The van der Waals surface area contributed by atoms with Gasteiger partial charge in [0, 0.05) is 47.6 Å². The van der Waals surface area contributed by atoms with Gasteiger partial charge in [0.15, 0.2) is 17.5 Å². The molecule has 0 radical (unpaired) electrons. The quantitative estimate of drug-likeness (QED) is 0.171. The van der Waals surface area contributed by atoms with Gasteiger partial charge in [0.1, 0.15) is 0 Å². The number of hydrogen-bond donors (Lipinski definition) is 0. The van der Waals surface area contributed by atoms with Crippen LogP contribution in [0.25, 0.3) is 104 Å². The van der Waals surface area contributed by atoms with Gasteiger partial charge in [-0.1, -0.05) is 158 Å². The fraction of sp³-hybridized carbons (Fsp3) is 0. The summed E-state index contributed by atoms with van der Waals surface area (Å²) in [6.07, 6.45) is 0. The summed E-state index contributed by atoms with van der Waals surface area (Å²) in [6.45, 7) is 0. The molecule has 11 rings (SSSR count). The third kappa shape index (κ3) is 5.40. The first-order valence-electron chi connectivity index (χ1n) is 18.8. The lowest BCUT2D eigenvalue weighted by Gasteiger charge is -2.14. The largest absolute Gasteiger partial charge is 0.308 e. The molecule has 5 heteroatoms. The van der Waals surface area contributed by atoms with Crippen molar-refractivity contribution in [2.24, 2.45) is 0 Å². The van der Waals surface area contributed by atoms with E-state index in [1.807, 2.05) is 35.6 Å². The minimum Gasteiger partial charge on any atom is -0.308 e. The number of benzene rings is 8. The molecule has 0 unspecified atom stereocenters. The Labute approximate surface area is 327 Å². The molecule has 3 heterocycles. The molecule has 0 fully saturated rings. The zero-order valence-corrected chi connectivity index (χ0v) is 31.0. The van der Waals surface area contributed by atoms with Crippen molar-refractivity contribution in [1.29, 1.82) is 0 Å². The van der Waals surface area contributed by atoms with Gasteiger partial charge in [-0.15, -0.1) is 11.3 Å². The molecule has 0 atom stereocenters. The number of rotatable bonds is 6. The SMILES string of the molecule is c1ccc(-c2ccc(-c3nc(-c4ccccc4)nc(-c4ccccc4-n4c5ccccc5c5c6c(ccc54)sc4cc(-c5ccccc5)ccc46)n3)cc2)cc1. The van der Waals surface area contributed by atoms with E-state index in [0.717, 1.165) is 39.0 Å². The molecule has 0 saturated carbocycles. The fourth-order valence-electron chi connectivity index (χ4n) is 8.04. The van der Waals surface area contributed by atoms with E-state index in [2.05, 4.69) is 174 Å². The summed E-state index contributed by atoms with van der Waals surface area (Å²) in [7, 11) is 0. The molecule has 11 aromatic rings. The topological polar surface area (TPSA) is 43.6 Å². The lowest BCUT2D eigenvalue weighted by molar-refractivity contribution is 1.06. The molecule has 0 bridgehead atoms. The minimum atomic E-state index is 0.623. The maximum Gasteiger partial charge on any atom is 0.166 e. The molecule has 3 aromatic heterocycles. The first-order chi connectivity index (χ1) is 27.8.